The normalized spacial score (nSPS) is 11.7. The Bertz CT molecular complexity index is 605. The quantitative estimate of drug-likeness (QED) is 0.905. The molecule has 0 saturated carbocycles. The zero-order valence-electron chi connectivity index (χ0n) is 11.6. The molecule has 102 valence electrons. The van der Waals surface area contributed by atoms with Crippen LogP contribution in [0.3, 0.4) is 0 Å². The second-order valence-corrected chi connectivity index (χ2v) is 4.54. The maximum absolute atomic E-state index is 8.95. The molecule has 4 heteroatoms. The molecular weight excluding hydrogens is 250 g/mol. The van der Waals surface area contributed by atoms with Crippen LogP contribution < -0.4 is 10.1 Å². The molecule has 0 bridgehead atoms. The number of hydrogen-bond donors (Lipinski definition) is 1. The minimum absolute atomic E-state index is 0.213. The highest BCUT2D eigenvalue weighted by atomic mass is 16.5. The lowest BCUT2D eigenvalue weighted by atomic mass is 10.1. The van der Waals surface area contributed by atoms with Crippen LogP contribution in [0.4, 0.5) is 0 Å². The van der Waals surface area contributed by atoms with Gasteiger partial charge in [0, 0.05) is 25.0 Å². The van der Waals surface area contributed by atoms with Crippen molar-refractivity contribution >= 4 is 0 Å². The second-order valence-electron chi connectivity index (χ2n) is 4.54. The topological polar surface area (TPSA) is 57.9 Å². The van der Waals surface area contributed by atoms with E-state index in [1.165, 1.54) is 0 Å². The molecule has 4 nitrogen and oxygen atoms in total. The van der Waals surface area contributed by atoms with Crippen LogP contribution in [0, 0.1) is 11.3 Å². The molecule has 1 aromatic carbocycles. The Labute approximate surface area is 119 Å². The Kier molecular flexibility index (Phi) is 4.70. The summed E-state index contributed by atoms with van der Waals surface area (Å²) >= 11 is 0. The third-order valence-corrected chi connectivity index (χ3v) is 3.18. The van der Waals surface area contributed by atoms with Crippen LogP contribution in [0.25, 0.3) is 0 Å². The van der Waals surface area contributed by atoms with Gasteiger partial charge in [-0.15, -0.1) is 0 Å². The van der Waals surface area contributed by atoms with E-state index >= 15 is 0 Å². The Balaban J connectivity index is 2.03. The smallest absolute Gasteiger partial charge is 0.136 e. The average Bonchev–Trinajstić information content (AvgIpc) is 2.53. The van der Waals surface area contributed by atoms with Gasteiger partial charge < -0.3 is 10.1 Å². The van der Waals surface area contributed by atoms with E-state index in [2.05, 4.69) is 23.3 Å². The molecule has 1 N–H and O–H groups in total. The first-order chi connectivity index (χ1) is 9.74. The van der Waals surface area contributed by atoms with Gasteiger partial charge in [-0.05, 0) is 36.2 Å². The molecule has 0 unspecified atom stereocenters. The van der Waals surface area contributed by atoms with Gasteiger partial charge in [-0.3, -0.25) is 4.98 Å². The highest BCUT2D eigenvalue weighted by molar-refractivity contribution is 5.45. The highest BCUT2D eigenvalue weighted by Crippen LogP contribution is 2.20. The Morgan fingerprint density at radius 3 is 2.90 bits per heavy atom. The first kappa shape index (κ1) is 14.0. The van der Waals surface area contributed by atoms with E-state index in [-0.39, 0.29) is 6.04 Å². The van der Waals surface area contributed by atoms with E-state index in [0.29, 0.717) is 17.9 Å². The summed E-state index contributed by atoms with van der Waals surface area (Å²) in [5.74, 6) is 0.612. The fourth-order valence-electron chi connectivity index (χ4n) is 1.96. The monoisotopic (exact) mass is 267 g/mol. The summed E-state index contributed by atoms with van der Waals surface area (Å²) in [5.41, 5.74) is 2.78. The number of nitrogens with zero attached hydrogens (tertiary/aromatic N) is 2. The van der Waals surface area contributed by atoms with E-state index in [0.717, 1.165) is 11.1 Å². The fraction of sp³-hybridized carbons (Fsp3) is 0.250. The van der Waals surface area contributed by atoms with Gasteiger partial charge in [0.2, 0.25) is 0 Å². The van der Waals surface area contributed by atoms with Crippen molar-refractivity contribution in [1.29, 1.82) is 5.26 Å². The number of pyridine rings is 1. The lowest BCUT2D eigenvalue weighted by Gasteiger charge is -2.14. The van der Waals surface area contributed by atoms with Crippen molar-refractivity contribution in [1.82, 2.24) is 10.3 Å². The second kappa shape index (κ2) is 6.69. The molecule has 0 amide bonds. The molecule has 20 heavy (non-hydrogen) atoms. The molecular formula is C16H17N3O. The first-order valence-electron chi connectivity index (χ1n) is 6.45. The Morgan fingerprint density at radius 1 is 1.40 bits per heavy atom. The lowest BCUT2D eigenvalue weighted by Crippen LogP contribution is -2.18. The number of ether oxygens (including phenoxy) is 1. The third kappa shape index (κ3) is 3.34. The highest BCUT2D eigenvalue weighted by Gasteiger charge is 2.07. The minimum Gasteiger partial charge on any atom is -0.495 e. The molecule has 0 aliphatic carbocycles. The van der Waals surface area contributed by atoms with Crippen molar-refractivity contribution < 1.29 is 4.74 Å². The van der Waals surface area contributed by atoms with Crippen molar-refractivity contribution in [2.75, 3.05) is 7.11 Å². The average molecular weight is 267 g/mol. The minimum atomic E-state index is 0.213. The van der Waals surface area contributed by atoms with Crippen LogP contribution in [-0.2, 0) is 6.54 Å². The molecule has 1 atom stereocenters. The maximum atomic E-state index is 8.95. The molecule has 0 aliphatic rings. The molecule has 0 aliphatic heterocycles. The largest absolute Gasteiger partial charge is 0.495 e. The predicted molar refractivity (Wildman–Crippen MR) is 77.2 cm³/mol. The number of rotatable bonds is 5. The molecule has 0 radical (unpaired) electrons. The van der Waals surface area contributed by atoms with Crippen molar-refractivity contribution in [3.63, 3.8) is 0 Å². The van der Waals surface area contributed by atoms with E-state index < -0.39 is 0 Å². The summed E-state index contributed by atoms with van der Waals surface area (Å²) in [6, 6.07) is 11.9. The lowest BCUT2D eigenvalue weighted by molar-refractivity contribution is 0.412. The summed E-state index contributed by atoms with van der Waals surface area (Å²) in [4.78, 5) is 4.11. The van der Waals surface area contributed by atoms with E-state index in [4.69, 9.17) is 10.00 Å². The van der Waals surface area contributed by atoms with Gasteiger partial charge in [-0.25, -0.2) is 0 Å². The van der Waals surface area contributed by atoms with Gasteiger partial charge in [0.05, 0.1) is 12.7 Å². The zero-order chi connectivity index (χ0) is 14.4. The van der Waals surface area contributed by atoms with E-state index in [1.54, 1.807) is 19.4 Å². The van der Waals surface area contributed by atoms with Crippen molar-refractivity contribution in [2.24, 2.45) is 0 Å². The van der Waals surface area contributed by atoms with Crippen molar-refractivity contribution in [3.8, 4) is 11.8 Å². The number of hydrogen-bond acceptors (Lipinski definition) is 4. The number of aromatic nitrogens is 1. The molecule has 0 spiro atoms. The van der Waals surface area contributed by atoms with E-state index in [1.807, 2.05) is 30.5 Å². The summed E-state index contributed by atoms with van der Waals surface area (Å²) < 4.78 is 5.21. The van der Waals surface area contributed by atoms with Crippen molar-refractivity contribution in [2.45, 2.75) is 19.5 Å². The van der Waals surface area contributed by atoms with Gasteiger partial charge in [0.1, 0.15) is 11.8 Å². The van der Waals surface area contributed by atoms with Crippen LogP contribution in [0.15, 0.2) is 42.7 Å². The first-order valence-corrected chi connectivity index (χ1v) is 6.45. The molecule has 1 heterocycles. The fourth-order valence-corrected chi connectivity index (χ4v) is 1.96. The van der Waals surface area contributed by atoms with Crippen LogP contribution >= 0.6 is 0 Å². The number of methoxy groups -OCH3 is 1. The van der Waals surface area contributed by atoms with Crippen molar-refractivity contribution in [3.05, 3.63) is 59.4 Å². The molecule has 2 rings (SSSR count). The predicted octanol–water partition coefficient (Wildman–Crippen LogP) is 2.81. The van der Waals surface area contributed by atoms with Gasteiger partial charge in [0.15, 0.2) is 0 Å². The summed E-state index contributed by atoms with van der Waals surface area (Å²) in [5, 5.41) is 12.4. The van der Waals surface area contributed by atoms with Crippen LogP contribution in [-0.4, -0.2) is 12.1 Å². The standard InChI is InChI=1S/C16H17N3O/c1-12(15-4-3-7-18-11-15)19-10-13-5-6-14(9-17)16(8-13)20-2/h3-8,11-12,19H,10H2,1-2H3/t12-/m0/s1. The van der Waals surface area contributed by atoms with E-state index in [9.17, 15) is 0 Å². The van der Waals surface area contributed by atoms with Gasteiger partial charge in [0.25, 0.3) is 0 Å². The zero-order valence-corrected chi connectivity index (χ0v) is 11.6. The number of benzene rings is 1. The van der Waals surface area contributed by atoms with Crippen LogP contribution in [0.5, 0.6) is 5.75 Å². The Hall–Kier alpha value is -2.38. The molecule has 0 fully saturated rings. The van der Waals surface area contributed by atoms with Crippen LogP contribution in [0.2, 0.25) is 0 Å². The van der Waals surface area contributed by atoms with Gasteiger partial charge in [-0.2, -0.15) is 5.26 Å². The maximum Gasteiger partial charge on any atom is 0.136 e. The summed E-state index contributed by atoms with van der Waals surface area (Å²) in [6.07, 6.45) is 3.62. The number of nitrogens with one attached hydrogen (secondary N) is 1. The third-order valence-electron chi connectivity index (χ3n) is 3.18. The Morgan fingerprint density at radius 2 is 2.25 bits per heavy atom. The molecule has 1 aromatic heterocycles. The molecule has 0 saturated heterocycles. The van der Waals surface area contributed by atoms with Gasteiger partial charge >= 0.3 is 0 Å². The SMILES string of the molecule is COc1cc(CN[C@@H](C)c2cccnc2)ccc1C#N. The van der Waals surface area contributed by atoms with Crippen LogP contribution in [0.1, 0.15) is 29.7 Å². The molecule has 2 aromatic rings. The number of nitriles is 1. The summed E-state index contributed by atoms with van der Waals surface area (Å²) in [7, 11) is 1.58. The van der Waals surface area contributed by atoms with Gasteiger partial charge in [-0.1, -0.05) is 12.1 Å². The summed E-state index contributed by atoms with van der Waals surface area (Å²) in [6.45, 7) is 2.80.